The number of hydrogen-bond acceptors (Lipinski definition) is 3. The molecular weight excluding hydrogens is 199 g/mol. The second-order valence-corrected chi connectivity index (χ2v) is 4.98. The monoisotopic (exact) mass is 214 g/mol. The van der Waals surface area contributed by atoms with Crippen LogP contribution in [0.4, 0.5) is 4.39 Å². The number of halogens is 1. The van der Waals surface area contributed by atoms with Gasteiger partial charge in [0.05, 0.1) is 15.6 Å². The van der Waals surface area contributed by atoms with Gasteiger partial charge in [0.15, 0.2) is 0 Å². The minimum absolute atomic E-state index is 0.369. The number of rotatable bonds is 3. The van der Waals surface area contributed by atoms with Crippen molar-refractivity contribution in [2.45, 2.75) is 26.4 Å². The van der Waals surface area contributed by atoms with E-state index in [1.807, 2.05) is 6.92 Å². The van der Waals surface area contributed by atoms with Crippen LogP contribution in [0.2, 0.25) is 0 Å². The topological polar surface area (TPSA) is 24.9 Å². The molecule has 0 aliphatic carbocycles. The number of alkyl halides is 1. The fourth-order valence-electron chi connectivity index (χ4n) is 1.84. The molecular formula is C10H15FN2S. The van der Waals surface area contributed by atoms with E-state index < -0.39 is 0 Å². The third kappa shape index (κ3) is 2.12. The molecule has 1 N–H and O–H groups in total. The largest absolute Gasteiger partial charge is 0.316 e. The Labute approximate surface area is 87.6 Å². The zero-order chi connectivity index (χ0) is 9.97. The Morgan fingerprint density at radius 2 is 2.50 bits per heavy atom. The van der Waals surface area contributed by atoms with Crippen molar-refractivity contribution >= 4 is 11.3 Å². The van der Waals surface area contributed by atoms with E-state index in [0.29, 0.717) is 5.92 Å². The zero-order valence-electron chi connectivity index (χ0n) is 8.35. The van der Waals surface area contributed by atoms with E-state index in [2.05, 4.69) is 10.3 Å². The number of aryl methyl sites for hydroxylation is 1. The van der Waals surface area contributed by atoms with Crippen molar-refractivity contribution in [1.29, 1.82) is 0 Å². The average molecular weight is 214 g/mol. The summed E-state index contributed by atoms with van der Waals surface area (Å²) in [6, 6.07) is 0. The Balaban J connectivity index is 2.01. The molecule has 1 aromatic rings. The number of nitrogens with zero attached hydrogens (tertiary/aromatic N) is 1. The summed E-state index contributed by atoms with van der Waals surface area (Å²) in [5, 5.41) is 4.43. The van der Waals surface area contributed by atoms with Crippen molar-refractivity contribution < 1.29 is 4.39 Å². The third-order valence-electron chi connectivity index (χ3n) is 2.68. The van der Waals surface area contributed by atoms with Gasteiger partial charge in [-0.3, -0.25) is 0 Å². The first-order valence-electron chi connectivity index (χ1n) is 5.01. The molecule has 1 atom stereocenters. The lowest BCUT2D eigenvalue weighted by Gasteiger charge is -2.03. The maximum atomic E-state index is 12.5. The second kappa shape index (κ2) is 4.36. The summed E-state index contributed by atoms with van der Waals surface area (Å²) in [4.78, 5) is 5.19. The van der Waals surface area contributed by atoms with Crippen LogP contribution in [0.1, 0.15) is 22.0 Å². The Bertz CT molecular complexity index is 305. The van der Waals surface area contributed by atoms with Crippen molar-refractivity contribution in [2.75, 3.05) is 13.1 Å². The van der Waals surface area contributed by atoms with Crippen molar-refractivity contribution in [2.24, 2.45) is 5.92 Å². The highest BCUT2D eigenvalue weighted by molar-refractivity contribution is 7.11. The Morgan fingerprint density at radius 3 is 3.07 bits per heavy atom. The minimum atomic E-state index is -0.369. The van der Waals surface area contributed by atoms with Crippen molar-refractivity contribution in [3.8, 4) is 0 Å². The molecule has 0 amide bonds. The van der Waals surface area contributed by atoms with Crippen LogP contribution >= 0.6 is 11.3 Å². The average Bonchev–Trinajstić information content (AvgIpc) is 2.76. The molecule has 1 saturated heterocycles. The lowest BCUT2D eigenvalue weighted by Crippen LogP contribution is -2.10. The number of nitrogens with one attached hydrogen (secondary N) is 1. The van der Waals surface area contributed by atoms with E-state index in [0.717, 1.165) is 35.1 Å². The first kappa shape index (κ1) is 10.1. The molecule has 0 spiro atoms. The molecule has 0 aromatic carbocycles. The first-order valence-corrected chi connectivity index (χ1v) is 5.83. The molecule has 4 heteroatoms. The van der Waals surface area contributed by atoms with Gasteiger partial charge < -0.3 is 5.32 Å². The van der Waals surface area contributed by atoms with Gasteiger partial charge in [-0.15, -0.1) is 11.3 Å². The lowest BCUT2D eigenvalue weighted by atomic mass is 10.1. The summed E-state index contributed by atoms with van der Waals surface area (Å²) in [5.41, 5.74) is 0.874. The maximum absolute atomic E-state index is 12.5. The van der Waals surface area contributed by atoms with Crippen molar-refractivity contribution in [1.82, 2.24) is 10.3 Å². The molecule has 1 fully saturated rings. The van der Waals surface area contributed by atoms with Gasteiger partial charge in [0.25, 0.3) is 0 Å². The van der Waals surface area contributed by atoms with Gasteiger partial charge in [0, 0.05) is 6.42 Å². The van der Waals surface area contributed by atoms with Crippen molar-refractivity contribution in [3.63, 3.8) is 0 Å². The lowest BCUT2D eigenvalue weighted by molar-refractivity contribution is 0.489. The molecule has 0 saturated carbocycles. The van der Waals surface area contributed by atoms with E-state index in [1.165, 1.54) is 17.8 Å². The molecule has 1 unspecified atom stereocenters. The molecule has 14 heavy (non-hydrogen) atoms. The van der Waals surface area contributed by atoms with Crippen LogP contribution in [0, 0.1) is 12.8 Å². The van der Waals surface area contributed by atoms with Gasteiger partial charge >= 0.3 is 0 Å². The molecule has 1 aliphatic heterocycles. The summed E-state index contributed by atoms with van der Waals surface area (Å²) in [6.07, 6.45) is 2.24. The second-order valence-electron chi connectivity index (χ2n) is 3.81. The van der Waals surface area contributed by atoms with Crippen LogP contribution in [-0.4, -0.2) is 18.1 Å². The highest BCUT2D eigenvalue weighted by Gasteiger charge is 2.17. The van der Waals surface area contributed by atoms with Crippen LogP contribution in [0.5, 0.6) is 0 Å². The van der Waals surface area contributed by atoms with Gasteiger partial charge in [-0.2, -0.15) is 0 Å². The van der Waals surface area contributed by atoms with E-state index >= 15 is 0 Å². The highest BCUT2D eigenvalue weighted by atomic mass is 32.1. The van der Waals surface area contributed by atoms with Crippen LogP contribution in [-0.2, 0) is 13.1 Å². The van der Waals surface area contributed by atoms with Crippen LogP contribution in [0.3, 0.4) is 0 Å². The van der Waals surface area contributed by atoms with Gasteiger partial charge in [-0.05, 0) is 32.4 Å². The normalized spacial score (nSPS) is 21.7. The fourth-order valence-corrected chi connectivity index (χ4v) is 2.87. The quantitative estimate of drug-likeness (QED) is 0.833. The molecule has 78 valence electrons. The van der Waals surface area contributed by atoms with E-state index in [1.54, 1.807) is 0 Å². The van der Waals surface area contributed by atoms with Gasteiger partial charge in [0.2, 0.25) is 0 Å². The predicted octanol–water partition coefficient (Wildman–Crippen LogP) is 2.07. The van der Waals surface area contributed by atoms with Gasteiger partial charge in [-0.1, -0.05) is 0 Å². The first-order chi connectivity index (χ1) is 6.79. The predicted molar refractivity (Wildman–Crippen MR) is 56.3 cm³/mol. The van der Waals surface area contributed by atoms with Crippen LogP contribution < -0.4 is 5.32 Å². The number of aromatic nitrogens is 1. The fraction of sp³-hybridized carbons (Fsp3) is 0.700. The molecule has 0 bridgehead atoms. The standard InChI is InChI=1S/C10H15FN2S/c1-7-9(5-11)14-10(13-7)4-8-2-3-12-6-8/h8,12H,2-6H2,1H3. The summed E-state index contributed by atoms with van der Waals surface area (Å²) >= 11 is 1.53. The molecule has 2 rings (SSSR count). The SMILES string of the molecule is Cc1nc(CC2CCNC2)sc1CF. The maximum Gasteiger partial charge on any atom is 0.126 e. The number of thiazole rings is 1. The van der Waals surface area contributed by atoms with Crippen molar-refractivity contribution in [3.05, 3.63) is 15.6 Å². The molecule has 1 aliphatic rings. The zero-order valence-corrected chi connectivity index (χ0v) is 9.16. The van der Waals surface area contributed by atoms with Crippen LogP contribution in [0.15, 0.2) is 0 Å². The Hall–Kier alpha value is -0.480. The molecule has 1 aromatic heterocycles. The highest BCUT2D eigenvalue weighted by Crippen LogP contribution is 2.23. The molecule has 2 heterocycles. The van der Waals surface area contributed by atoms with Gasteiger partial charge in [0.1, 0.15) is 6.67 Å². The summed E-state index contributed by atoms with van der Waals surface area (Å²) in [5.74, 6) is 0.702. The summed E-state index contributed by atoms with van der Waals surface area (Å²) in [7, 11) is 0. The third-order valence-corrected chi connectivity index (χ3v) is 3.83. The minimum Gasteiger partial charge on any atom is -0.316 e. The van der Waals surface area contributed by atoms with E-state index in [9.17, 15) is 4.39 Å². The summed E-state index contributed by atoms with van der Waals surface area (Å²) < 4.78 is 12.5. The Morgan fingerprint density at radius 1 is 1.64 bits per heavy atom. The van der Waals surface area contributed by atoms with Gasteiger partial charge in [-0.25, -0.2) is 9.37 Å². The molecule has 2 nitrogen and oxygen atoms in total. The molecule has 0 radical (unpaired) electrons. The smallest absolute Gasteiger partial charge is 0.126 e. The van der Waals surface area contributed by atoms with Crippen LogP contribution in [0.25, 0.3) is 0 Å². The van der Waals surface area contributed by atoms with E-state index in [4.69, 9.17) is 0 Å². The summed E-state index contributed by atoms with van der Waals surface area (Å²) in [6.45, 7) is 3.73. The number of hydrogen-bond donors (Lipinski definition) is 1. The Kier molecular flexibility index (Phi) is 3.13. The van der Waals surface area contributed by atoms with E-state index in [-0.39, 0.29) is 6.67 Å².